The predicted molar refractivity (Wildman–Crippen MR) is 63.6 cm³/mol. The highest BCUT2D eigenvalue weighted by Gasteiger charge is 2.10. The molecule has 3 nitrogen and oxygen atoms in total. The number of rotatable bonds is 6. The fourth-order valence-corrected chi connectivity index (χ4v) is 2.31. The van der Waals surface area contributed by atoms with E-state index in [1.165, 1.54) is 4.88 Å². The van der Waals surface area contributed by atoms with E-state index in [4.69, 9.17) is 16.3 Å². The molecule has 5 heteroatoms. The Morgan fingerprint density at radius 1 is 1.60 bits per heavy atom. The molecule has 0 aliphatic rings. The maximum absolute atomic E-state index is 9.44. The van der Waals surface area contributed by atoms with E-state index in [-0.39, 0.29) is 6.04 Å². The van der Waals surface area contributed by atoms with Gasteiger partial charge in [0.05, 0.1) is 17.0 Å². The van der Waals surface area contributed by atoms with Gasteiger partial charge in [-0.05, 0) is 19.1 Å². The van der Waals surface area contributed by atoms with E-state index in [9.17, 15) is 5.11 Å². The fraction of sp³-hybridized carbons (Fsp3) is 0.600. The highest BCUT2D eigenvalue weighted by atomic mass is 35.5. The third-order valence-corrected chi connectivity index (χ3v) is 3.45. The van der Waals surface area contributed by atoms with Gasteiger partial charge in [0.1, 0.15) is 0 Å². The van der Waals surface area contributed by atoms with E-state index in [1.54, 1.807) is 18.4 Å². The van der Waals surface area contributed by atoms with Crippen molar-refractivity contribution in [2.75, 3.05) is 20.3 Å². The van der Waals surface area contributed by atoms with Crippen molar-refractivity contribution in [2.24, 2.45) is 0 Å². The Hall–Kier alpha value is -0.130. The first-order valence-electron chi connectivity index (χ1n) is 4.79. The van der Waals surface area contributed by atoms with Crippen LogP contribution in [0.5, 0.6) is 0 Å². The first kappa shape index (κ1) is 12.9. The molecule has 0 radical (unpaired) electrons. The summed E-state index contributed by atoms with van der Waals surface area (Å²) in [6, 6.07) is 4.08. The van der Waals surface area contributed by atoms with Gasteiger partial charge in [0.2, 0.25) is 0 Å². The Bertz CT molecular complexity index is 293. The lowest BCUT2D eigenvalue weighted by atomic mass is 10.2. The molecule has 1 aromatic rings. The second-order valence-electron chi connectivity index (χ2n) is 3.38. The zero-order chi connectivity index (χ0) is 11.3. The quantitative estimate of drug-likeness (QED) is 0.811. The van der Waals surface area contributed by atoms with Crippen LogP contribution in [-0.2, 0) is 4.74 Å². The maximum Gasteiger partial charge on any atom is 0.0931 e. The van der Waals surface area contributed by atoms with Crippen LogP contribution in [-0.4, -0.2) is 31.5 Å². The van der Waals surface area contributed by atoms with Crippen LogP contribution < -0.4 is 5.32 Å². The molecular formula is C10H16ClNO2S. The molecule has 2 atom stereocenters. The van der Waals surface area contributed by atoms with Crippen LogP contribution in [0, 0.1) is 0 Å². The Labute approximate surface area is 99.0 Å². The summed E-state index contributed by atoms with van der Waals surface area (Å²) in [5.74, 6) is 0. The van der Waals surface area contributed by atoms with Crippen LogP contribution in [0.1, 0.15) is 17.8 Å². The molecule has 15 heavy (non-hydrogen) atoms. The summed E-state index contributed by atoms with van der Waals surface area (Å²) in [7, 11) is 1.58. The van der Waals surface area contributed by atoms with E-state index in [0.29, 0.717) is 13.2 Å². The number of nitrogens with one attached hydrogen (secondary N) is 1. The SMILES string of the molecule is COC[C@H](O)CNC(C)c1ccc(Cl)s1. The maximum atomic E-state index is 9.44. The molecule has 1 rings (SSSR count). The zero-order valence-electron chi connectivity index (χ0n) is 8.87. The third-order valence-electron chi connectivity index (χ3n) is 2.04. The lowest BCUT2D eigenvalue weighted by Gasteiger charge is -2.15. The number of hydrogen-bond acceptors (Lipinski definition) is 4. The first-order valence-corrected chi connectivity index (χ1v) is 5.98. The number of methoxy groups -OCH3 is 1. The summed E-state index contributed by atoms with van der Waals surface area (Å²) in [5, 5.41) is 12.7. The molecule has 86 valence electrons. The topological polar surface area (TPSA) is 41.5 Å². The van der Waals surface area contributed by atoms with Crippen molar-refractivity contribution in [2.45, 2.75) is 19.1 Å². The molecular weight excluding hydrogens is 234 g/mol. The van der Waals surface area contributed by atoms with Gasteiger partial charge in [-0.1, -0.05) is 11.6 Å². The molecule has 0 saturated carbocycles. The normalized spacial score (nSPS) is 15.2. The van der Waals surface area contributed by atoms with Gasteiger partial charge in [0.15, 0.2) is 0 Å². The first-order chi connectivity index (χ1) is 7.13. The lowest BCUT2D eigenvalue weighted by Crippen LogP contribution is -2.31. The zero-order valence-corrected chi connectivity index (χ0v) is 10.4. The summed E-state index contributed by atoms with van der Waals surface area (Å²) >= 11 is 7.39. The minimum atomic E-state index is -0.465. The van der Waals surface area contributed by atoms with Gasteiger partial charge >= 0.3 is 0 Å². The number of aliphatic hydroxyl groups is 1. The number of aliphatic hydroxyl groups excluding tert-OH is 1. The molecule has 0 spiro atoms. The molecule has 0 aliphatic heterocycles. The van der Waals surface area contributed by atoms with Crippen LogP contribution in [0.4, 0.5) is 0 Å². The highest BCUT2D eigenvalue weighted by molar-refractivity contribution is 7.16. The van der Waals surface area contributed by atoms with E-state index in [1.807, 2.05) is 19.1 Å². The molecule has 1 heterocycles. The van der Waals surface area contributed by atoms with Crippen molar-refractivity contribution >= 4 is 22.9 Å². The molecule has 0 bridgehead atoms. The predicted octanol–water partition coefficient (Wildman–Crippen LogP) is 2.06. The molecule has 1 unspecified atom stereocenters. The lowest BCUT2D eigenvalue weighted by molar-refractivity contribution is 0.0631. The van der Waals surface area contributed by atoms with Crippen molar-refractivity contribution in [3.8, 4) is 0 Å². The fourth-order valence-electron chi connectivity index (χ4n) is 1.23. The van der Waals surface area contributed by atoms with E-state index < -0.39 is 6.10 Å². The Kier molecular flexibility index (Phi) is 5.56. The highest BCUT2D eigenvalue weighted by Crippen LogP contribution is 2.26. The molecule has 0 fully saturated rings. The number of hydrogen-bond donors (Lipinski definition) is 2. The molecule has 0 amide bonds. The second kappa shape index (κ2) is 6.45. The smallest absolute Gasteiger partial charge is 0.0931 e. The van der Waals surface area contributed by atoms with Crippen LogP contribution in [0.3, 0.4) is 0 Å². The van der Waals surface area contributed by atoms with Gasteiger partial charge in [0.25, 0.3) is 0 Å². The summed E-state index contributed by atoms with van der Waals surface area (Å²) in [5.41, 5.74) is 0. The Morgan fingerprint density at radius 2 is 2.33 bits per heavy atom. The second-order valence-corrected chi connectivity index (χ2v) is 5.13. The summed E-state index contributed by atoms with van der Waals surface area (Å²) in [4.78, 5) is 1.17. The standard InChI is InChI=1S/C10H16ClNO2S/c1-7(9-3-4-10(11)15-9)12-5-8(13)6-14-2/h3-4,7-8,12-13H,5-6H2,1-2H3/t7?,8-/m1/s1. The van der Waals surface area contributed by atoms with Gasteiger partial charge in [-0.25, -0.2) is 0 Å². The van der Waals surface area contributed by atoms with Crippen LogP contribution >= 0.6 is 22.9 Å². The van der Waals surface area contributed by atoms with Crippen molar-refractivity contribution < 1.29 is 9.84 Å². The van der Waals surface area contributed by atoms with Crippen molar-refractivity contribution in [1.29, 1.82) is 0 Å². The molecule has 0 aromatic carbocycles. The third kappa shape index (κ3) is 4.49. The molecule has 0 saturated heterocycles. The van der Waals surface area contributed by atoms with Crippen molar-refractivity contribution in [3.63, 3.8) is 0 Å². The number of thiophene rings is 1. The van der Waals surface area contributed by atoms with Crippen molar-refractivity contribution in [3.05, 3.63) is 21.3 Å². The Balaban J connectivity index is 2.33. The average Bonchev–Trinajstić information content (AvgIpc) is 2.62. The minimum absolute atomic E-state index is 0.203. The van der Waals surface area contributed by atoms with E-state index >= 15 is 0 Å². The number of ether oxygens (including phenoxy) is 1. The van der Waals surface area contributed by atoms with Gasteiger partial charge in [-0.3, -0.25) is 0 Å². The molecule has 1 aromatic heterocycles. The van der Waals surface area contributed by atoms with Crippen LogP contribution in [0.15, 0.2) is 12.1 Å². The van der Waals surface area contributed by atoms with Gasteiger partial charge < -0.3 is 15.2 Å². The monoisotopic (exact) mass is 249 g/mol. The van der Waals surface area contributed by atoms with Crippen molar-refractivity contribution in [1.82, 2.24) is 5.32 Å². The average molecular weight is 250 g/mol. The van der Waals surface area contributed by atoms with Gasteiger partial charge in [0, 0.05) is 24.6 Å². The van der Waals surface area contributed by atoms with Crippen LogP contribution in [0.25, 0.3) is 0 Å². The summed E-state index contributed by atoms with van der Waals surface area (Å²) in [6.45, 7) is 2.91. The van der Waals surface area contributed by atoms with Gasteiger partial charge in [-0.15, -0.1) is 11.3 Å². The van der Waals surface area contributed by atoms with E-state index in [0.717, 1.165) is 4.34 Å². The van der Waals surface area contributed by atoms with Gasteiger partial charge in [-0.2, -0.15) is 0 Å². The largest absolute Gasteiger partial charge is 0.389 e. The van der Waals surface area contributed by atoms with E-state index in [2.05, 4.69) is 5.32 Å². The minimum Gasteiger partial charge on any atom is -0.389 e. The Morgan fingerprint density at radius 3 is 2.87 bits per heavy atom. The number of halogens is 1. The molecule has 2 N–H and O–H groups in total. The molecule has 0 aliphatic carbocycles. The summed E-state index contributed by atoms with van der Waals surface area (Å²) < 4.78 is 5.63. The van der Waals surface area contributed by atoms with Crippen LogP contribution in [0.2, 0.25) is 4.34 Å². The summed E-state index contributed by atoms with van der Waals surface area (Å²) in [6.07, 6.45) is -0.465.